The summed E-state index contributed by atoms with van der Waals surface area (Å²) in [5, 5.41) is 4.86. The number of aromatic nitrogens is 4. The van der Waals surface area contributed by atoms with E-state index in [1.54, 1.807) is 32.6 Å². The van der Waals surface area contributed by atoms with Crippen molar-refractivity contribution in [1.29, 1.82) is 0 Å². The number of hydrogen-bond donors (Lipinski definition) is 1. The molecule has 0 unspecified atom stereocenters. The largest absolute Gasteiger partial charge is 0.482 e. The van der Waals surface area contributed by atoms with Crippen LogP contribution >= 0.6 is 0 Å². The third-order valence-electron chi connectivity index (χ3n) is 7.23. The number of carbonyl (C=O) groups excluding carboxylic acids is 1. The van der Waals surface area contributed by atoms with Crippen molar-refractivity contribution in [2.45, 2.75) is 38.7 Å². The van der Waals surface area contributed by atoms with Crippen LogP contribution in [0.2, 0.25) is 0 Å². The second kappa shape index (κ2) is 9.24. The Bertz CT molecular complexity index is 1560. The Labute approximate surface area is 220 Å². The Morgan fingerprint density at radius 3 is 2.79 bits per heavy atom. The molecule has 4 heterocycles. The summed E-state index contributed by atoms with van der Waals surface area (Å²) in [5.74, 6) is 0.801. The minimum atomic E-state index is -0.530. The number of nitrogens with zero attached hydrogens (tertiary/aromatic N) is 5. The average Bonchev–Trinajstić information content (AvgIpc) is 3.65. The van der Waals surface area contributed by atoms with Gasteiger partial charge in [0.05, 0.1) is 17.1 Å². The van der Waals surface area contributed by atoms with Crippen molar-refractivity contribution in [2.75, 3.05) is 19.8 Å². The highest BCUT2D eigenvalue weighted by molar-refractivity contribution is 5.82. The maximum Gasteiger partial charge on any atom is 0.344 e. The fraction of sp³-hybridized carbons (Fsp3) is 0.310. The highest BCUT2D eigenvalue weighted by atomic mass is 19.1. The quantitative estimate of drug-likeness (QED) is 0.394. The highest BCUT2D eigenvalue weighted by Gasteiger charge is 2.31. The second-order valence-corrected chi connectivity index (χ2v) is 10.3. The average molecular weight is 513 g/mol. The topological polar surface area (TPSA) is 99.2 Å². The van der Waals surface area contributed by atoms with Crippen molar-refractivity contribution in [1.82, 2.24) is 24.6 Å². The summed E-state index contributed by atoms with van der Waals surface area (Å²) in [5.41, 5.74) is 12.5. The van der Waals surface area contributed by atoms with Crippen LogP contribution < -0.4 is 10.5 Å². The Morgan fingerprint density at radius 1 is 1.21 bits per heavy atom. The second-order valence-electron chi connectivity index (χ2n) is 10.3. The number of nitrogens with two attached hydrogens (primary N) is 1. The minimum Gasteiger partial charge on any atom is -0.482 e. The van der Waals surface area contributed by atoms with Gasteiger partial charge >= 0.3 is 6.03 Å². The van der Waals surface area contributed by atoms with Gasteiger partial charge in [-0.15, -0.1) is 0 Å². The van der Waals surface area contributed by atoms with Crippen molar-refractivity contribution in [3.8, 4) is 28.1 Å². The van der Waals surface area contributed by atoms with Gasteiger partial charge in [0.2, 0.25) is 0 Å². The molecule has 0 spiro atoms. The van der Waals surface area contributed by atoms with Crippen molar-refractivity contribution in [2.24, 2.45) is 5.92 Å². The van der Waals surface area contributed by atoms with Crippen LogP contribution in [0.3, 0.4) is 0 Å². The van der Waals surface area contributed by atoms with E-state index < -0.39 is 6.10 Å². The molecule has 2 aliphatic rings. The van der Waals surface area contributed by atoms with Gasteiger partial charge in [-0.2, -0.15) is 9.78 Å². The number of hydrogen-bond acceptors (Lipinski definition) is 6. The lowest BCUT2D eigenvalue weighted by molar-refractivity contribution is 0.215. The van der Waals surface area contributed by atoms with Crippen molar-refractivity contribution in [3.63, 3.8) is 0 Å². The molecule has 38 heavy (non-hydrogen) atoms. The lowest BCUT2D eigenvalue weighted by Gasteiger charge is -2.22. The molecule has 4 aromatic rings. The number of benzene rings is 1. The van der Waals surface area contributed by atoms with Gasteiger partial charge in [0, 0.05) is 55.2 Å². The molecule has 1 fully saturated rings. The van der Waals surface area contributed by atoms with Crippen LogP contribution in [-0.2, 0) is 12.8 Å². The van der Waals surface area contributed by atoms with E-state index in [1.165, 1.54) is 21.7 Å². The number of rotatable bonds is 2. The van der Waals surface area contributed by atoms with Crippen molar-refractivity contribution in [3.05, 3.63) is 77.1 Å². The summed E-state index contributed by atoms with van der Waals surface area (Å²) in [6, 6.07) is 10.1. The molecule has 1 aromatic carbocycles. The molecule has 1 aliphatic carbocycles. The summed E-state index contributed by atoms with van der Waals surface area (Å²) in [4.78, 5) is 24.0. The maximum absolute atomic E-state index is 14.5. The van der Waals surface area contributed by atoms with Crippen LogP contribution in [0.4, 0.5) is 15.0 Å². The standard InChI is InChI=1S/C29H29FN6O2/c1-16-22-14-20(30)8-9-21(22)27-18(5-4-10-32-27)12-24-26(19-13-25(38-16)28(31)33-15-19)23(11-17-6-7-17)34-36(24)29(37)35(2)3/h4-5,8-10,13-17H,6-7,11-12H2,1-3H3,(H2,31,33)/t16-/m1/s1. The van der Waals surface area contributed by atoms with Crippen LogP contribution in [0.1, 0.15) is 48.4 Å². The van der Waals surface area contributed by atoms with E-state index >= 15 is 0 Å². The Hall–Kier alpha value is -4.27. The van der Waals surface area contributed by atoms with Crippen molar-refractivity contribution < 1.29 is 13.9 Å². The fourth-order valence-electron chi connectivity index (χ4n) is 5.12. The smallest absolute Gasteiger partial charge is 0.344 e. The van der Waals surface area contributed by atoms with Crippen LogP contribution in [0.15, 0.2) is 48.8 Å². The van der Waals surface area contributed by atoms with E-state index in [0.29, 0.717) is 29.3 Å². The first-order chi connectivity index (χ1) is 18.3. The third kappa shape index (κ3) is 4.27. The lowest BCUT2D eigenvalue weighted by atomic mass is 9.92. The van der Waals surface area contributed by atoms with Gasteiger partial charge in [-0.05, 0) is 68.0 Å². The van der Waals surface area contributed by atoms with Gasteiger partial charge in [-0.3, -0.25) is 4.98 Å². The van der Waals surface area contributed by atoms with Gasteiger partial charge in [-0.1, -0.05) is 6.07 Å². The molecule has 194 valence electrons. The number of anilines is 1. The SMILES string of the molecule is C[C@H]1Oc2cc(cnc2N)-c2c(CC3CC3)nn(C(=O)N(C)C)c2Cc2cccnc2-c2ccc(F)cc21. The van der Waals surface area contributed by atoms with Crippen LogP contribution in [0.25, 0.3) is 22.4 Å². The van der Waals surface area contributed by atoms with Crippen molar-refractivity contribution >= 4 is 11.8 Å². The molecular weight excluding hydrogens is 483 g/mol. The number of pyridine rings is 2. The molecule has 2 bridgehead atoms. The van der Waals surface area contributed by atoms with E-state index in [1.807, 2.05) is 25.1 Å². The van der Waals surface area contributed by atoms with E-state index in [-0.39, 0.29) is 17.7 Å². The zero-order valence-electron chi connectivity index (χ0n) is 21.6. The van der Waals surface area contributed by atoms with E-state index in [2.05, 4.69) is 4.98 Å². The number of nitrogen functional groups attached to an aromatic ring is 1. The summed E-state index contributed by atoms with van der Waals surface area (Å²) in [6.07, 6.45) is 6.35. The van der Waals surface area contributed by atoms with Gasteiger partial charge < -0.3 is 15.4 Å². The molecule has 6 rings (SSSR count). The number of amides is 1. The lowest BCUT2D eigenvalue weighted by Crippen LogP contribution is -2.29. The van der Waals surface area contributed by atoms with Crippen LogP contribution in [0.5, 0.6) is 5.75 Å². The highest BCUT2D eigenvalue weighted by Crippen LogP contribution is 2.41. The number of fused-ring (bicyclic) bond motifs is 7. The van der Waals surface area contributed by atoms with E-state index in [0.717, 1.165) is 52.9 Å². The first kappa shape index (κ1) is 24.1. The summed E-state index contributed by atoms with van der Waals surface area (Å²) >= 11 is 0. The molecular formula is C29H29FN6O2. The number of ether oxygens (including phenoxy) is 1. The predicted octanol–water partition coefficient (Wildman–Crippen LogP) is 5.25. The minimum absolute atomic E-state index is 0.233. The zero-order valence-corrected chi connectivity index (χ0v) is 21.6. The molecule has 1 saturated carbocycles. The summed E-state index contributed by atoms with van der Waals surface area (Å²) in [7, 11) is 3.43. The van der Waals surface area contributed by atoms with E-state index in [9.17, 15) is 9.18 Å². The monoisotopic (exact) mass is 512 g/mol. The molecule has 0 radical (unpaired) electrons. The van der Waals surface area contributed by atoms with Crippen LogP contribution in [0, 0.1) is 11.7 Å². The first-order valence-electron chi connectivity index (χ1n) is 12.8. The first-order valence-corrected chi connectivity index (χ1v) is 12.8. The summed E-state index contributed by atoms with van der Waals surface area (Å²) < 4.78 is 22.3. The number of halogens is 1. The molecule has 3 aromatic heterocycles. The summed E-state index contributed by atoms with van der Waals surface area (Å²) in [6.45, 7) is 1.86. The Balaban J connectivity index is 1.66. The van der Waals surface area contributed by atoms with E-state index in [4.69, 9.17) is 20.6 Å². The molecule has 1 amide bonds. The van der Waals surface area contributed by atoms with Gasteiger partial charge in [0.25, 0.3) is 0 Å². The third-order valence-corrected chi connectivity index (χ3v) is 7.23. The van der Waals surface area contributed by atoms with Gasteiger partial charge in [0.15, 0.2) is 11.6 Å². The molecule has 1 atom stereocenters. The Kier molecular flexibility index (Phi) is 5.86. The zero-order chi connectivity index (χ0) is 26.6. The molecule has 1 aliphatic heterocycles. The number of carbonyl (C=O) groups is 1. The maximum atomic E-state index is 14.5. The fourth-order valence-corrected chi connectivity index (χ4v) is 5.12. The predicted molar refractivity (Wildman–Crippen MR) is 142 cm³/mol. The molecule has 0 saturated heterocycles. The Morgan fingerprint density at radius 2 is 2.03 bits per heavy atom. The molecule has 8 nitrogen and oxygen atoms in total. The van der Waals surface area contributed by atoms with Gasteiger partial charge in [-0.25, -0.2) is 14.2 Å². The molecule has 2 N–H and O–H groups in total. The van der Waals surface area contributed by atoms with Gasteiger partial charge in [0.1, 0.15) is 11.9 Å². The van der Waals surface area contributed by atoms with Crippen LogP contribution in [-0.4, -0.2) is 44.8 Å². The normalized spacial score (nSPS) is 16.3. The molecule has 9 heteroatoms.